The predicted molar refractivity (Wildman–Crippen MR) is 87.3 cm³/mol. The van der Waals surface area contributed by atoms with Gasteiger partial charge < -0.3 is 15.2 Å². The lowest BCUT2D eigenvalue weighted by Gasteiger charge is -2.11. The van der Waals surface area contributed by atoms with Gasteiger partial charge in [-0.3, -0.25) is 4.79 Å². The van der Waals surface area contributed by atoms with Crippen molar-refractivity contribution in [2.24, 2.45) is 5.92 Å². The molecule has 3 rings (SSSR count). The molecule has 0 aliphatic heterocycles. The smallest absolute Gasteiger partial charge is 0.270 e. The lowest BCUT2D eigenvalue weighted by Crippen LogP contribution is -2.34. The molecule has 1 fully saturated rings. The normalized spacial score (nSPS) is 15.7. The minimum atomic E-state index is -0.683. The molecule has 118 valence electrons. The number of aliphatic hydroxyl groups excluding tert-OH is 1. The Bertz CT molecular complexity index is 608. The Balaban J connectivity index is 1.43. The van der Waals surface area contributed by atoms with E-state index in [1.54, 1.807) is 16.7 Å². The summed E-state index contributed by atoms with van der Waals surface area (Å²) in [6.45, 7) is 1.14. The van der Waals surface area contributed by atoms with Crippen LogP contribution in [0.2, 0.25) is 0 Å². The van der Waals surface area contributed by atoms with E-state index in [-0.39, 0.29) is 19.1 Å². The molecule has 1 atom stereocenters. The highest BCUT2D eigenvalue weighted by molar-refractivity contribution is 7.14. The zero-order valence-corrected chi connectivity index (χ0v) is 13.7. The Labute approximate surface area is 137 Å². The number of carbonyl (C=O) groups excluding carboxylic acids is 1. The van der Waals surface area contributed by atoms with Crippen LogP contribution >= 0.6 is 22.7 Å². The van der Waals surface area contributed by atoms with Gasteiger partial charge in [0.25, 0.3) is 5.91 Å². The molecule has 2 N–H and O–H groups in total. The third kappa shape index (κ3) is 4.36. The zero-order valence-electron chi connectivity index (χ0n) is 12.0. The van der Waals surface area contributed by atoms with Gasteiger partial charge in [-0.05, 0) is 30.2 Å². The van der Waals surface area contributed by atoms with Gasteiger partial charge in [-0.25, -0.2) is 4.98 Å². The number of hydrogen-bond donors (Lipinski definition) is 2. The van der Waals surface area contributed by atoms with E-state index in [9.17, 15) is 9.90 Å². The van der Waals surface area contributed by atoms with Crippen LogP contribution in [0.3, 0.4) is 0 Å². The molecule has 2 aromatic rings. The predicted octanol–water partition coefficient (Wildman–Crippen LogP) is 2.39. The average Bonchev–Trinajstić information content (AvgIpc) is 3.01. The highest BCUT2D eigenvalue weighted by atomic mass is 32.1. The van der Waals surface area contributed by atoms with Crippen LogP contribution < -0.4 is 5.32 Å². The number of nitrogens with zero attached hydrogens (tertiary/aromatic N) is 1. The molecule has 1 amide bonds. The maximum Gasteiger partial charge on any atom is 0.270 e. The van der Waals surface area contributed by atoms with Crippen molar-refractivity contribution < 1.29 is 14.6 Å². The number of rotatable bonds is 8. The molecule has 22 heavy (non-hydrogen) atoms. The van der Waals surface area contributed by atoms with Crippen LogP contribution in [0.5, 0.6) is 0 Å². The average molecular weight is 338 g/mol. The summed E-state index contributed by atoms with van der Waals surface area (Å²) in [7, 11) is 0. The third-order valence-corrected chi connectivity index (χ3v) is 4.94. The first-order valence-corrected chi connectivity index (χ1v) is 9.06. The van der Waals surface area contributed by atoms with Crippen LogP contribution in [0.4, 0.5) is 0 Å². The van der Waals surface area contributed by atoms with E-state index in [0.29, 0.717) is 18.2 Å². The molecule has 7 heteroatoms. The fourth-order valence-corrected chi connectivity index (χ4v) is 3.42. The Hall–Kier alpha value is -1.28. The number of hydrogen-bond acceptors (Lipinski definition) is 6. The summed E-state index contributed by atoms with van der Waals surface area (Å²) in [5.41, 5.74) is 1.42. The summed E-state index contributed by atoms with van der Waals surface area (Å²) >= 11 is 3.04. The molecule has 1 aliphatic rings. The number of thiophene rings is 1. The summed E-state index contributed by atoms with van der Waals surface area (Å²) in [4.78, 5) is 16.3. The lowest BCUT2D eigenvalue weighted by molar-refractivity contribution is 0.0320. The minimum absolute atomic E-state index is 0.175. The van der Waals surface area contributed by atoms with Gasteiger partial charge in [-0.2, -0.15) is 11.3 Å². The molecule has 1 saturated carbocycles. The fourth-order valence-electron chi connectivity index (χ4n) is 1.91. The van der Waals surface area contributed by atoms with Crippen LogP contribution in [0.15, 0.2) is 22.2 Å². The SMILES string of the molecule is O=C(NCC(O)COCC1CC1)c1csc(-c2ccsc2)n1. The molecule has 0 spiro atoms. The second-order valence-electron chi connectivity index (χ2n) is 5.39. The molecular weight excluding hydrogens is 320 g/mol. The van der Waals surface area contributed by atoms with Crippen molar-refractivity contribution in [2.45, 2.75) is 18.9 Å². The Morgan fingerprint density at radius 2 is 2.36 bits per heavy atom. The highest BCUT2D eigenvalue weighted by Crippen LogP contribution is 2.28. The number of aromatic nitrogens is 1. The molecule has 0 bridgehead atoms. The first-order valence-electron chi connectivity index (χ1n) is 7.24. The van der Waals surface area contributed by atoms with Crippen LogP contribution in [-0.2, 0) is 4.74 Å². The number of nitrogens with one attached hydrogen (secondary N) is 1. The Morgan fingerprint density at radius 3 is 3.09 bits per heavy atom. The standard InChI is InChI=1S/C15H18N2O3S2/c18-12(7-20-6-10-1-2-10)5-16-14(19)13-9-22-15(17-13)11-3-4-21-8-11/h3-4,8-10,12,18H,1-2,5-7H2,(H,16,19). The van der Waals surface area contributed by atoms with E-state index in [2.05, 4.69) is 10.3 Å². The van der Waals surface area contributed by atoms with Crippen LogP contribution in [-0.4, -0.2) is 41.9 Å². The van der Waals surface area contributed by atoms with E-state index in [1.165, 1.54) is 24.2 Å². The van der Waals surface area contributed by atoms with E-state index >= 15 is 0 Å². The van der Waals surface area contributed by atoms with Gasteiger partial charge in [0.15, 0.2) is 0 Å². The Morgan fingerprint density at radius 1 is 1.50 bits per heavy atom. The maximum absolute atomic E-state index is 12.0. The second kappa shape index (κ2) is 7.32. The number of ether oxygens (including phenoxy) is 1. The van der Waals surface area contributed by atoms with Crippen molar-refractivity contribution >= 4 is 28.6 Å². The fraction of sp³-hybridized carbons (Fsp3) is 0.467. The maximum atomic E-state index is 12.0. The largest absolute Gasteiger partial charge is 0.389 e. The number of amides is 1. The number of aliphatic hydroxyl groups is 1. The Kier molecular flexibility index (Phi) is 5.20. The summed E-state index contributed by atoms with van der Waals surface area (Å²) in [5.74, 6) is 0.409. The lowest BCUT2D eigenvalue weighted by atomic mass is 10.3. The van der Waals surface area contributed by atoms with Gasteiger partial charge in [0.1, 0.15) is 10.7 Å². The van der Waals surface area contributed by atoms with E-state index in [4.69, 9.17) is 4.74 Å². The molecule has 2 heterocycles. The monoisotopic (exact) mass is 338 g/mol. The molecule has 0 aromatic carbocycles. The molecule has 1 unspecified atom stereocenters. The van der Waals surface area contributed by atoms with E-state index < -0.39 is 6.10 Å². The van der Waals surface area contributed by atoms with Crippen molar-refractivity contribution in [2.75, 3.05) is 19.8 Å². The van der Waals surface area contributed by atoms with Crippen molar-refractivity contribution in [3.8, 4) is 10.6 Å². The molecule has 0 radical (unpaired) electrons. The first kappa shape index (κ1) is 15.6. The summed E-state index contributed by atoms with van der Waals surface area (Å²) in [6.07, 6.45) is 1.77. The van der Waals surface area contributed by atoms with Crippen molar-refractivity contribution in [3.05, 3.63) is 27.9 Å². The van der Waals surface area contributed by atoms with Gasteiger partial charge >= 0.3 is 0 Å². The van der Waals surface area contributed by atoms with Gasteiger partial charge in [0.2, 0.25) is 0 Å². The van der Waals surface area contributed by atoms with E-state index in [0.717, 1.165) is 10.6 Å². The molecule has 5 nitrogen and oxygen atoms in total. The quantitative estimate of drug-likeness (QED) is 0.775. The first-order chi connectivity index (χ1) is 10.7. The minimum Gasteiger partial charge on any atom is -0.389 e. The van der Waals surface area contributed by atoms with Gasteiger partial charge in [0, 0.05) is 29.5 Å². The summed E-state index contributed by atoms with van der Waals surface area (Å²) in [5, 5.41) is 19.0. The summed E-state index contributed by atoms with van der Waals surface area (Å²) in [6, 6.07) is 1.98. The zero-order chi connectivity index (χ0) is 15.4. The topological polar surface area (TPSA) is 71.5 Å². The number of carbonyl (C=O) groups is 1. The van der Waals surface area contributed by atoms with Crippen molar-refractivity contribution in [1.29, 1.82) is 0 Å². The van der Waals surface area contributed by atoms with Crippen molar-refractivity contribution in [3.63, 3.8) is 0 Å². The van der Waals surface area contributed by atoms with Gasteiger partial charge in [-0.15, -0.1) is 11.3 Å². The van der Waals surface area contributed by atoms with Crippen LogP contribution in [0.25, 0.3) is 10.6 Å². The molecular formula is C15H18N2O3S2. The number of thiazole rings is 1. The van der Waals surface area contributed by atoms with Crippen molar-refractivity contribution in [1.82, 2.24) is 10.3 Å². The van der Waals surface area contributed by atoms with Crippen LogP contribution in [0.1, 0.15) is 23.3 Å². The molecule has 2 aromatic heterocycles. The second-order valence-corrected chi connectivity index (χ2v) is 7.03. The van der Waals surface area contributed by atoms with Gasteiger partial charge in [0.05, 0.1) is 12.7 Å². The summed E-state index contributed by atoms with van der Waals surface area (Å²) < 4.78 is 5.40. The van der Waals surface area contributed by atoms with E-state index in [1.807, 2.05) is 16.8 Å². The van der Waals surface area contributed by atoms with Gasteiger partial charge in [-0.1, -0.05) is 0 Å². The third-order valence-electron chi connectivity index (χ3n) is 3.36. The molecule has 0 saturated heterocycles. The molecule has 1 aliphatic carbocycles. The van der Waals surface area contributed by atoms with Crippen LogP contribution in [0, 0.1) is 5.92 Å². The highest BCUT2D eigenvalue weighted by Gasteiger charge is 2.21.